The Hall–Kier alpha value is -1.62. The third-order valence-corrected chi connectivity index (χ3v) is 2.95. The summed E-state index contributed by atoms with van der Waals surface area (Å²) in [5.41, 5.74) is 0. The van der Waals surface area contributed by atoms with Crippen LogP contribution in [0.25, 0.3) is 10.1 Å². The van der Waals surface area contributed by atoms with Gasteiger partial charge in [0.2, 0.25) is 0 Å². The lowest BCUT2D eigenvalue weighted by Crippen LogP contribution is -1.89. The number of carbonyl (C=O) groups is 1. The van der Waals surface area contributed by atoms with Gasteiger partial charge in [0, 0.05) is 5.39 Å². The first-order chi connectivity index (χ1) is 6.59. The molecule has 0 spiro atoms. The monoisotopic (exact) mass is 212 g/mol. The topological polar surface area (TPSA) is 57.5 Å². The minimum atomic E-state index is -1.12. The molecular formula is C9H5FO3S. The average molecular weight is 212 g/mol. The van der Waals surface area contributed by atoms with E-state index in [9.17, 15) is 14.3 Å². The van der Waals surface area contributed by atoms with Gasteiger partial charge in [-0.05, 0) is 18.2 Å². The molecule has 0 bridgehead atoms. The van der Waals surface area contributed by atoms with Gasteiger partial charge in [-0.2, -0.15) is 0 Å². The van der Waals surface area contributed by atoms with E-state index in [4.69, 9.17) is 5.11 Å². The van der Waals surface area contributed by atoms with Crippen LogP contribution in [-0.2, 0) is 0 Å². The molecule has 0 saturated carbocycles. The lowest BCUT2D eigenvalue weighted by molar-refractivity contribution is 0.0702. The Balaban J connectivity index is 2.82. The van der Waals surface area contributed by atoms with E-state index < -0.39 is 11.8 Å². The third kappa shape index (κ3) is 1.22. The Bertz CT molecular complexity index is 479. The molecule has 3 nitrogen and oxygen atoms in total. The molecule has 0 amide bonds. The highest BCUT2D eigenvalue weighted by atomic mass is 32.1. The second-order valence-electron chi connectivity index (χ2n) is 2.73. The summed E-state index contributed by atoms with van der Waals surface area (Å²) in [6.07, 6.45) is 0. The van der Waals surface area contributed by atoms with E-state index in [1.54, 1.807) is 0 Å². The molecule has 1 heterocycles. The van der Waals surface area contributed by atoms with Crippen LogP contribution < -0.4 is 0 Å². The fraction of sp³-hybridized carbons (Fsp3) is 0. The molecule has 0 aliphatic carbocycles. The Labute approximate surface area is 82.0 Å². The van der Waals surface area contributed by atoms with Gasteiger partial charge in [-0.15, -0.1) is 11.3 Å². The largest absolute Gasteiger partial charge is 0.507 e. The maximum atomic E-state index is 13.1. The number of halogens is 1. The van der Waals surface area contributed by atoms with Gasteiger partial charge in [0.15, 0.2) is 0 Å². The Kier molecular flexibility index (Phi) is 1.89. The first-order valence-electron chi connectivity index (χ1n) is 3.74. The number of phenols is 1. The van der Waals surface area contributed by atoms with Gasteiger partial charge in [0.25, 0.3) is 0 Å². The van der Waals surface area contributed by atoms with Gasteiger partial charge in [-0.3, -0.25) is 0 Å². The highest BCUT2D eigenvalue weighted by Crippen LogP contribution is 2.33. The lowest BCUT2D eigenvalue weighted by Gasteiger charge is -1.93. The molecule has 5 heteroatoms. The van der Waals surface area contributed by atoms with Crippen molar-refractivity contribution in [3.8, 4) is 5.75 Å². The number of rotatable bonds is 1. The molecule has 0 aliphatic heterocycles. The molecule has 14 heavy (non-hydrogen) atoms. The highest BCUT2D eigenvalue weighted by molar-refractivity contribution is 7.20. The van der Waals surface area contributed by atoms with Gasteiger partial charge in [-0.25, -0.2) is 9.18 Å². The zero-order valence-electron chi connectivity index (χ0n) is 6.82. The minimum absolute atomic E-state index is 0.0143. The van der Waals surface area contributed by atoms with E-state index in [2.05, 4.69) is 0 Å². The molecular weight excluding hydrogens is 207 g/mol. The summed E-state index contributed by atoms with van der Waals surface area (Å²) >= 11 is 0.812. The zero-order valence-corrected chi connectivity index (χ0v) is 7.64. The fourth-order valence-electron chi connectivity index (χ4n) is 1.18. The minimum Gasteiger partial charge on any atom is -0.507 e. The fourth-order valence-corrected chi connectivity index (χ4v) is 2.10. The van der Waals surface area contributed by atoms with Crippen LogP contribution in [0.2, 0.25) is 0 Å². The van der Waals surface area contributed by atoms with Crippen molar-refractivity contribution in [3.63, 3.8) is 0 Å². The molecule has 2 N–H and O–H groups in total. The van der Waals surface area contributed by atoms with Crippen LogP contribution in [0.15, 0.2) is 18.2 Å². The maximum absolute atomic E-state index is 13.1. The number of hydrogen-bond donors (Lipinski definition) is 2. The van der Waals surface area contributed by atoms with Crippen molar-refractivity contribution in [1.82, 2.24) is 0 Å². The highest BCUT2D eigenvalue weighted by Gasteiger charge is 2.13. The third-order valence-electron chi connectivity index (χ3n) is 1.82. The number of carboxylic acids is 1. The van der Waals surface area contributed by atoms with E-state index in [0.717, 1.165) is 17.4 Å². The average Bonchev–Trinajstić information content (AvgIpc) is 2.57. The van der Waals surface area contributed by atoms with Crippen LogP contribution >= 0.6 is 11.3 Å². The number of carboxylic acid groups (broad SMARTS) is 1. The Morgan fingerprint density at radius 1 is 1.43 bits per heavy atom. The predicted octanol–water partition coefficient (Wildman–Crippen LogP) is 2.44. The molecule has 0 fully saturated rings. The molecule has 2 aromatic rings. The lowest BCUT2D eigenvalue weighted by atomic mass is 10.2. The molecule has 0 unspecified atom stereocenters. The van der Waals surface area contributed by atoms with E-state index in [1.165, 1.54) is 12.1 Å². The smallest absolute Gasteiger partial charge is 0.345 e. The number of fused-ring (bicyclic) bond motifs is 1. The first-order valence-corrected chi connectivity index (χ1v) is 4.55. The van der Waals surface area contributed by atoms with Crippen LogP contribution in [0.4, 0.5) is 4.39 Å². The van der Waals surface area contributed by atoms with Crippen molar-refractivity contribution in [2.45, 2.75) is 0 Å². The normalized spacial score (nSPS) is 10.6. The Morgan fingerprint density at radius 3 is 2.71 bits per heavy atom. The summed E-state index contributed by atoms with van der Waals surface area (Å²) in [6, 6.07) is 3.58. The van der Waals surface area contributed by atoms with Crippen molar-refractivity contribution < 1.29 is 19.4 Å². The van der Waals surface area contributed by atoms with Crippen molar-refractivity contribution in [1.29, 1.82) is 0 Å². The summed E-state index contributed by atoms with van der Waals surface area (Å²) in [4.78, 5) is 10.6. The molecule has 0 atom stereocenters. The SMILES string of the molecule is O=C(O)c1cc2c(O)ccc(F)c2s1. The number of thiophene rings is 1. The number of phenolic OH excluding ortho intramolecular Hbond substituents is 1. The molecule has 0 aliphatic rings. The van der Waals surface area contributed by atoms with Crippen molar-refractivity contribution >= 4 is 27.4 Å². The molecule has 72 valence electrons. The summed E-state index contributed by atoms with van der Waals surface area (Å²) in [7, 11) is 0. The number of benzene rings is 1. The van der Waals surface area contributed by atoms with Crippen LogP contribution in [0.5, 0.6) is 5.75 Å². The first kappa shape index (κ1) is 8.96. The number of aromatic hydroxyl groups is 1. The van der Waals surface area contributed by atoms with Gasteiger partial charge in [-0.1, -0.05) is 0 Å². The van der Waals surface area contributed by atoms with E-state index in [-0.39, 0.29) is 20.7 Å². The van der Waals surface area contributed by atoms with Crippen LogP contribution in [0.1, 0.15) is 9.67 Å². The van der Waals surface area contributed by atoms with Crippen LogP contribution in [-0.4, -0.2) is 16.2 Å². The summed E-state index contributed by atoms with van der Waals surface area (Å²) < 4.78 is 13.3. The second kappa shape index (κ2) is 2.95. The second-order valence-corrected chi connectivity index (χ2v) is 3.78. The van der Waals surface area contributed by atoms with E-state index >= 15 is 0 Å². The van der Waals surface area contributed by atoms with Crippen molar-refractivity contribution in [2.75, 3.05) is 0 Å². The van der Waals surface area contributed by atoms with Crippen LogP contribution in [0.3, 0.4) is 0 Å². The molecule has 0 saturated heterocycles. The quantitative estimate of drug-likeness (QED) is 0.763. The molecule has 0 radical (unpaired) electrons. The standard InChI is InChI=1S/C9H5FO3S/c10-5-1-2-6(11)4-3-7(9(12)13)14-8(4)5/h1-3,11H,(H,12,13). The van der Waals surface area contributed by atoms with Gasteiger partial charge < -0.3 is 10.2 Å². The maximum Gasteiger partial charge on any atom is 0.345 e. The van der Waals surface area contributed by atoms with Crippen molar-refractivity contribution in [3.05, 3.63) is 28.9 Å². The summed E-state index contributed by atoms with van der Waals surface area (Å²) in [5.74, 6) is -1.74. The summed E-state index contributed by atoms with van der Waals surface area (Å²) in [5, 5.41) is 18.3. The predicted molar refractivity (Wildman–Crippen MR) is 50.4 cm³/mol. The van der Waals surface area contributed by atoms with E-state index in [0.29, 0.717) is 0 Å². The van der Waals surface area contributed by atoms with Crippen molar-refractivity contribution in [2.24, 2.45) is 0 Å². The van der Waals surface area contributed by atoms with Gasteiger partial charge >= 0.3 is 5.97 Å². The summed E-state index contributed by atoms with van der Waals surface area (Å²) in [6.45, 7) is 0. The number of hydrogen-bond acceptors (Lipinski definition) is 3. The van der Waals surface area contributed by atoms with Gasteiger partial charge in [0.1, 0.15) is 16.4 Å². The van der Waals surface area contributed by atoms with E-state index in [1.807, 2.05) is 0 Å². The molecule has 1 aromatic heterocycles. The van der Waals surface area contributed by atoms with Crippen LogP contribution in [0, 0.1) is 5.82 Å². The molecule has 2 rings (SSSR count). The number of aromatic carboxylic acids is 1. The van der Waals surface area contributed by atoms with Gasteiger partial charge in [0.05, 0.1) is 4.70 Å². The zero-order chi connectivity index (χ0) is 10.3. The Morgan fingerprint density at radius 2 is 2.14 bits per heavy atom. The molecule has 1 aromatic carbocycles.